The number of aromatic nitrogens is 4. The molecule has 0 radical (unpaired) electrons. The van der Waals surface area contributed by atoms with Crippen molar-refractivity contribution in [2.24, 2.45) is 5.92 Å². The highest BCUT2D eigenvalue weighted by molar-refractivity contribution is 5.94. The minimum atomic E-state index is -0.142. The number of amides is 3. The number of urea groups is 1. The summed E-state index contributed by atoms with van der Waals surface area (Å²) >= 11 is 0. The second kappa shape index (κ2) is 6.74. The van der Waals surface area contributed by atoms with Gasteiger partial charge in [-0.1, -0.05) is 0 Å². The summed E-state index contributed by atoms with van der Waals surface area (Å²) in [6, 6.07) is 3.67. The topological polar surface area (TPSA) is 114 Å². The molecule has 2 aromatic heterocycles. The zero-order valence-corrected chi connectivity index (χ0v) is 14.4. The first-order valence-electron chi connectivity index (χ1n) is 8.79. The van der Waals surface area contributed by atoms with Crippen molar-refractivity contribution in [2.45, 2.75) is 44.3 Å². The Morgan fingerprint density at radius 2 is 2.19 bits per heavy atom. The fourth-order valence-corrected chi connectivity index (χ4v) is 3.79. The van der Waals surface area contributed by atoms with E-state index in [0.717, 1.165) is 19.3 Å². The predicted molar refractivity (Wildman–Crippen MR) is 92.7 cm³/mol. The molecule has 9 nitrogen and oxygen atoms in total. The first kappa shape index (κ1) is 16.5. The molecule has 4 unspecified atom stereocenters. The lowest BCUT2D eigenvalue weighted by Crippen LogP contribution is -2.46. The van der Waals surface area contributed by atoms with Crippen molar-refractivity contribution in [3.8, 4) is 5.82 Å². The van der Waals surface area contributed by atoms with E-state index in [1.165, 1.54) is 17.3 Å². The Hall–Kier alpha value is -2.97. The highest BCUT2D eigenvalue weighted by Crippen LogP contribution is 2.29. The van der Waals surface area contributed by atoms with Crippen LogP contribution in [0.3, 0.4) is 0 Å². The van der Waals surface area contributed by atoms with E-state index < -0.39 is 0 Å². The number of fused-ring (bicyclic) bond motifs is 1. The Labute approximate surface area is 150 Å². The van der Waals surface area contributed by atoms with Gasteiger partial charge < -0.3 is 16.0 Å². The SMILES string of the molecule is CC(NC(=O)c1ccnc(-n2cncn2)c1)C1CCC2NC(=O)NC2C1. The third-order valence-corrected chi connectivity index (χ3v) is 5.25. The molecule has 3 N–H and O–H groups in total. The standard InChI is InChI=1S/C17H21N7O2/c1-10(11-2-3-13-14(6-11)23-17(26)22-13)21-16(25)12-4-5-19-15(7-12)24-9-18-8-20-24/h4-5,7-11,13-14H,2-3,6H2,1H3,(H,21,25)(H2,22,23,26). The smallest absolute Gasteiger partial charge is 0.315 e. The Kier molecular flexibility index (Phi) is 4.27. The molecule has 0 bridgehead atoms. The van der Waals surface area contributed by atoms with Gasteiger partial charge in [-0.15, -0.1) is 0 Å². The van der Waals surface area contributed by atoms with Gasteiger partial charge in [0.25, 0.3) is 5.91 Å². The number of rotatable bonds is 4. The average molecular weight is 355 g/mol. The van der Waals surface area contributed by atoms with Gasteiger partial charge in [0.2, 0.25) is 0 Å². The van der Waals surface area contributed by atoms with Gasteiger partial charge >= 0.3 is 6.03 Å². The molecule has 2 aromatic rings. The number of carbonyl (C=O) groups excluding carboxylic acids is 2. The molecule has 2 fully saturated rings. The molecule has 3 amide bonds. The van der Waals surface area contributed by atoms with Crippen LogP contribution in [0.4, 0.5) is 4.79 Å². The molecular formula is C17H21N7O2. The van der Waals surface area contributed by atoms with Crippen LogP contribution in [0.25, 0.3) is 5.82 Å². The minimum Gasteiger partial charge on any atom is -0.349 e. The molecule has 1 saturated heterocycles. The summed E-state index contributed by atoms with van der Waals surface area (Å²) < 4.78 is 1.51. The minimum absolute atomic E-state index is 0.0175. The molecule has 4 atom stereocenters. The summed E-state index contributed by atoms with van der Waals surface area (Å²) in [7, 11) is 0. The zero-order valence-electron chi connectivity index (χ0n) is 14.4. The van der Waals surface area contributed by atoms with Gasteiger partial charge in [-0.3, -0.25) is 4.79 Å². The number of hydrogen-bond acceptors (Lipinski definition) is 5. The highest BCUT2D eigenvalue weighted by Gasteiger charge is 2.38. The lowest BCUT2D eigenvalue weighted by atomic mass is 9.79. The van der Waals surface area contributed by atoms with E-state index in [1.54, 1.807) is 18.3 Å². The fraction of sp³-hybridized carbons (Fsp3) is 0.471. The maximum atomic E-state index is 12.6. The summed E-state index contributed by atoms with van der Waals surface area (Å²) in [5.74, 6) is 0.733. The van der Waals surface area contributed by atoms with E-state index in [2.05, 4.69) is 31.0 Å². The molecule has 1 aliphatic carbocycles. The molecule has 4 rings (SSSR count). The third-order valence-electron chi connectivity index (χ3n) is 5.25. The van der Waals surface area contributed by atoms with Gasteiger partial charge in [0, 0.05) is 17.8 Å². The van der Waals surface area contributed by atoms with Gasteiger partial charge in [-0.25, -0.2) is 19.4 Å². The lowest BCUT2D eigenvalue weighted by molar-refractivity contribution is 0.0914. The summed E-state index contributed by atoms with van der Waals surface area (Å²) in [5.41, 5.74) is 0.530. The number of nitrogens with one attached hydrogen (secondary N) is 3. The number of carbonyl (C=O) groups is 2. The van der Waals surface area contributed by atoms with Crippen LogP contribution in [0.2, 0.25) is 0 Å². The van der Waals surface area contributed by atoms with Crippen molar-refractivity contribution in [1.29, 1.82) is 0 Å². The van der Waals surface area contributed by atoms with E-state index in [4.69, 9.17) is 0 Å². The van der Waals surface area contributed by atoms with Crippen LogP contribution in [0, 0.1) is 5.92 Å². The van der Waals surface area contributed by atoms with E-state index in [0.29, 0.717) is 17.3 Å². The van der Waals surface area contributed by atoms with Gasteiger partial charge in [-0.2, -0.15) is 5.10 Å². The van der Waals surface area contributed by atoms with E-state index in [1.807, 2.05) is 6.92 Å². The van der Waals surface area contributed by atoms with Gasteiger partial charge in [0.15, 0.2) is 5.82 Å². The van der Waals surface area contributed by atoms with Crippen LogP contribution in [0.1, 0.15) is 36.5 Å². The van der Waals surface area contributed by atoms with Crippen LogP contribution in [0.15, 0.2) is 31.0 Å². The molecule has 1 saturated carbocycles. The third kappa shape index (κ3) is 3.24. The molecule has 2 aliphatic rings. The van der Waals surface area contributed by atoms with Crippen LogP contribution in [-0.4, -0.2) is 49.8 Å². The van der Waals surface area contributed by atoms with E-state index >= 15 is 0 Å². The highest BCUT2D eigenvalue weighted by atomic mass is 16.2. The summed E-state index contributed by atoms with van der Waals surface area (Å²) in [6.45, 7) is 2.02. The van der Waals surface area contributed by atoms with Crippen molar-refractivity contribution in [3.05, 3.63) is 36.5 Å². The van der Waals surface area contributed by atoms with Crippen molar-refractivity contribution in [3.63, 3.8) is 0 Å². The summed E-state index contributed by atoms with van der Waals surface area (Å²) in [6.07, 6.45) is 7.32. The summed E-state index contributed by atoms with van der Waals surface area (Å²) in [4.78, 5) is 32.2. The summed E-state index contributed by atoms with van der Waals surface area (Å²) in [5, 5.41) is 13.0. The molecular weight excluding hydrogens is 334 g/mol. The predicted octanol–water partition coefficient (Wildman–Crippen LogP) is 0.631. The van der Waals surface area contributed by atoms with E-state index in [-0.39, 0.29) is 30.1 Å². The Bertz CT molecular complexity index is 807. The number of hydrogen-bond donors (Lipinski definition) is 3. The van der Waals surface area contributed by atoms with Crippen molar-refractivity contribution in [2.75, 3.05) is 0 Å². The maximum absolute atomic E-state index is 12.6. The first-order chi connectivity index (χ1) is 12.6. The van der Waals surface area contributed by atoms with Crippen molar-refractivity contribution in [1.82, 2.24) is 35.7 Å². The second-order valence-corrected chi connectivity index (χ2v) is 6.91. The molecule has 26 heavy (non-hydrogen) atoms. The van der Waals surface area contributed by atoms with Crippen LogP contribution >= 0.6 is 0 Å². The van der Waals surface area contributed by atoms with Crippen molar-refractivity contribution < 1.29 is 9.59 Å². The van der Waals surface area contributed by atoms with Gasteiger partial charge in [-0.05, 0) is 44.2 Å². The number of pyridine rings is 1. The normalized spacial score (nSPS) is 25.7. The number of nitrogens with zero attached hydrogens (tertiary/aromatic N) is 4. The second-order valence-electron chi connectivity index (χ2n) is 6.91. The molecule has 0 spiro atoms. The van der Waals surface area contributed by atoms with Crippen LogP contribution < -0.4 is 16.0 Å². The first-order valence-corrected chi connectivity index (χ1v) is 8.79. The quantitative estimate of drug-likeness (QED) is 0.744. The largest absolute Gasteiger partial charge is 0.349 e. The Morgan fingerprint density at radius 1 is 1.35 bits per heavy atom. The average Bonchev–Trinajstić information content (AvgIpc) is 3.29. The lowest BCUT2D eigenvalue weighted by Gasteiger charge is -2.34. The fourth-order valence-electron chi connectivity index (χ4n) is 3.79. The molecule has 1 aliphatic heterocycles. The van der Waals surface area contributed by atoms with Crippen molar-refractivity contribution >= 4 is 11.9 Å². The Balaban J connectivity index is 1.40. The molecule has 0 aromatic carbocycles. The maximum Gasteiger partial charge on any atom is 0.315 e. The van der Waals surface area contributed by atoms with Gasteiger partial charge in [0.1, 0.15) is 12.7 Å². The molecule has 9 heteroatoms. The zero-order chi connectivity index (χ0) is 18.1. The van der Waals surface area contributed by atoms with Gasteiger partial charge in [0.05, 0.1) is 12.1 Å². The molecule has 136 valence electrons. The Morgan fingerprint density at radius 3 is 3.00 bits per heavy atom. The van der Waals surface area contributed by atoms with Crippen LogP contribution in [0.5, 0.6) is 0 Å². The van der Waals surface area contributed by atoms with E-state index in [9.17, 15) is 9.59 Å². The monoisotopic (exact) mass is 355 g/mol. The van der Waals surface area contributed by atoms with Crippen LogP contribution in [-0.2, 0) is 0 Å². The molecule has 3 heterocycles.